The van der Waals surface area contributed by atoms with E-state index in [1.54, 1.807) is 19.1 Å². The van der Waals surface area contributed by atoms with Gasteiger partial charge in [-0.05, 0) is 49.7 Å². The van der Waals surface area contributed by atoms with Gasteiger partial charge in [-0.15, -0.1) is 0 Å². The molecule has 31 heavy (non-hydrogen) atoms. The first-order valence-electron chi connectivity index (χ1n) is 10.1. The van der Waals surface area contributed by atoms with Crippen LogP contribution in [0.1, 0.15) is 43.6 Å². The fourth-order valence-corrected chi connectivity index (χ4v) is 4.03. The fourth-order valence-electron chi connectivity index (χ4n) is 3.76. The van der Waals surface area contributed by atoms with Crippen LogP contribution in [0.4, 0.5) is 0 Å². The first-order valence-corrected chi connectivity index (χ1v) is 10.8. The molecule has 2 aliphatic rings. The zero-order valence-corrected chi connectivity index (χ0v) is 18.6. The molecule has 162 valence electrons. The van der Waals surface area contributed by atoms with Gasteiger partial charge in [0.15, 0.2) is 5.78 Å². The van der Waals surface area contributed by atoms with Crippen LogP contribution in [0.2, 0.25) is 0 Å². The molecule has 1 aromatic carbocycles. The highest BCUT2D eigenvalue weighted by molar-refractivity contribution is 9.10. The Morgan fingerprint density at radius 1 is 1.19 bits per heavy atom. The van der Waals surface area contributed by atoms with E-state index < -0.39 is 11.9 Å². The summed E-state index contributed by atoms with van der Waals surface area (Å²) in [6, 6.07) is 10.9. The molecule has 7 nitrogen and oxygen atoms in total. The van der Waals surface area contributed by atoms with Crippen molar-refractivity contribution in [2.24, 2.45) is 5.73 Å². The number of allylic oxidation sites excluding steroid dienone is 2. The monoisotopic (exact) mass is 487 g/mol. The smallest absolute Gasteiger partial charge is 0.340 e. The van der Waals surface area contributed by atoms with Gasteiger partial charge in [0.05, 0.1) is 12.5 Å². The third-order valence-electron chi connectivity index (χ3n) is 5.14. The van der Waals surface area contributed by atoms with Crippen LogP contribution >= 0.6 is 15.9 Å². The molecule has 0 spiro atoms. The lowest BCUT2D eigenvalue weighted by molar-refractivity contribution is -0.139. The number of nitrogens with two attached hydrogens (primary N) is 1. The first kappa shape index (κ1) is 21.2. The van der Waals surface area contributed by atoms with E-state index in [4.69, 9.17) is 24.4 Å². The Morgan fingerprint density at radius 2 is 1.97 bits per heavy atom. The van der Waals surface area contributed by atoms with E-state index in [1.807, 2.05) is 24.3 Å². The predicted molar refractivity (Wildman–Crippen MR) is 115 cm³/mol. The van der Waals surface area contributed by atoms with Gasteiger partial charge in [-0.25, -0.2) is 4.79 Å². The molecule has 2 aromatic rings. The lowest BCUT2D eigenvalue weighted by Crippen LogP contribution is -2.31. The molecule has 0 saturated carbocycles. The van der Waals surface area contributed by atoms with Gasteiger partial charge in [0.1, 0.15) is 35.2 Å². The summed E-state index contributed by atoms with van der Waals surface area (Å²) in [6.45, 7) is 2.07. The maximum absolute atomic E-state index is 12.8. The second-order valence-electron chi connectivity index (χ2n) is 7.19. The van der Waals surface area contributed by atoms with Crippen LogP contribution in [0.5, 0.6) is 5.75 Å². The van der Waals surface area contributed by atoms with E-state index in [2.05, 4.69) is 15.9 Å². The van der Waals surface area contributed by atoms with Crippen LogP contribution in [0.3, 0.4) is 0 Å². The minimum absolute atomic E-state index is 0.0547. The second-order valence-corrected chi connectivity index (χ2v) is 8.11. The van der Waals surface area contributed by atoms with Crippen molar-refractivity contribution in [1.82, 2.24) is 0 Å². The number of benzene rings is 1. The lowest BCUT2D eigenvalue weighted by atomic mass is 9.79. The topological polar surface area (TPSA) is 101 Å². The maximum Gasteiger partial charge on any atom is 0.340 e. The van der Waals surface area contributed by atoms with Crippen LogP contribution in [-0.4, -0.2) is 18.4 Å². The molecule has 0 bridgehead atoms. The van der Waals surface area contributed by atoms with E-state index in [0.717, 1.165) is 4.47 Å². The van der Waals surface area contributed by atoms with Gasteiger partial charge in [-0.2, -0.15) is 0 Å². The van der Waals surface area contributed by atoms with Crippen molar-refractivity contribution >= 4 is 27.7 Å². The minimum atomic E-state index is -0.767. The molecule has 4 rings (SSSR count). The van der Waals surface area contributed by atoms with Gasteiger partial charge in [-0.3, -0.25) is 4.79 Å². The van der Waals surface area contributed by atoms with Crippen molar-refractivity contribution in [1.29, 1.82) is 0 Å². The maximum atomic E-state index is 12.8. The molecular weight excluding hydrogens is 466 g/mol. The number of halogens is 1. The van der Waals surface area contributed by atoms with E-state index in [1.165, 1.54) is 0 Å². The number of hydrogen-bond acceptors (Lipinski definition) is 7. The van der Waals surface area contributed by atoms with E-state index in [-0.39, 0.29) is 30.5 Å². The molecule has 8 heteroatoms. The summed E-state index contributed by atoms with van der Waals surface area (Å²) < 4.78 is 23.6. The van der Waals surface area contributed by atoms with Gasteiger partial charge >= 0.3 is 5.97 Å². The lowest BCUT2D eigenvalue weighted by Gasteiger charge is -2.31. The van der Waals surface area contributed by atoms with Crippen molar-refractivity contribution in [2.45, 2.75) is 38.7 Å². The zero-order chi connectivity index (χ0) is 22.0. The number of esters is 1. The summed E-state index contributed by atoms with van der Waals surface area (Å²) >= 11 is 3.39. The quantitative estimate of drug-likeness (QED) is 0.599. The van der Waals surface area contributed by atoms with Gasteiger partial charge in [0.25, 0.3) is 0 Å². The van der Waals surface area contributed by atoms with E-state index in [0.29, 0.717) is 47.9 Å². The Hall–Kier alpha value is -3.00. The van der Waals surface area contributed by atoms with Gasteiger partial charge in [0, 0.05) is 22.9 Å². The molecule has 1 aliphatic heterocycles. The summed E-state index contributed by atoms with van der Waals surface area (Å²) in [5.41, 5.74) is 6.59. The van der Waals surface area contributed by atoms with Crippen LogP contribution in [0.15, 0.2) is 68.1 Å². The van der Waals surface area contributed by atoms with Crippen molar-refractivity contribution in [3.63, 3.8) is 0 Å². The summed E-state index contributed by atoms with van der Waals surface area (Å²) in [4.78, 5) is 25.4. The third kappa shape index (κ3) is 4.39. The summed E-state index contributed by atoms with van der Waals surface area (Å²) in [6.07, 6.45) is 1.64. The Labute approximate surface area is 188 Å². The molecule has 2 heterocycles. The molecule has 1 atom stereocenters. The van der Waals surface area contributed by atoms with Crippen molar-refractivity contribution in [3.8, 4) is 5.75 Å². The Balaban J connectivity index is 1.64. The molecule has 0 unspecified atom stereocenters. The predicted octanol–water partition coefficient (Wildman–Crippen LogP) is 4.48. The molecule has 0 saturated heterocycles. The molecule has 0 amide bonds. The second kappa shape index (κ2) is 9.01. The number of carbonyl (C=O) groups is 2. The van der Waals surface area contributed by atoms with Crippen LogP contribution in [0.25, 0.3) is 0 Å². The van der Waals surface area contributed by atoms with E-state index in [9.17, 15) is 9.59 Å². The molecule has 2 N–H and O–H groups in total. The first-order chi connectivity index (χ1) is 15.0. The third-order valence-corrected chi connectivity index (χ3v) is 5.67. The largest absolute Gasteiger partial charge is 0.486 e. The van der Waals surface area contributed by atoms with Crippen molar-refractivity contribution < 1.29 is 28.2 Å². The molecular formula is C23H22BrNO6. The number of furan rings is 1. The Bertz CT molecular complexity index is 1070. The number of ketones is 1. The SMILES string of the molecule is CCOC(=O)C1=C(N)OC2=C(C(=O)CCC2)[C@@H]1c1ccc(COc2ccc(Br)cc2)o1. The number of Topliss-reactive ketones (excluding diaryl/α,β-unsaturated/α-hetero) is 1. The molecule has 1 aromatic heterocycles. The summed E-state index contributed by atoms with van der Waals surface area (Å²) in [5.74, 6) is 0.636. The zero-order valence-electron chi connectivity index (χ0n) is 17.0. The highest BCUT2D eigenvalue weighted by Crippen LogP contribution is 2.44. The van der Waals surface area contributed by atoms with Crippen molar-refractivity contribution in [3.05, 3.63) is 75.2 Å². The standard InChI is InChI=1S/C23H22BrNO6/c1-2-28-23(27)21-20(19-16(26)4-3-5-17(19)31-22(21)25)18-11-10-15(30-18)12-29-14-8-6-13(24)7-9-14/h6-11,20H,2-5,12,25H2,1H3/t20-/m0/s1. The van der Waals surface area contributed by atoms with E-state index >= 15 is 0 Å². The molecule has 0 radical (unpaired) electrons. The van der Waals surface area contributed by atoms with Crippen molar-refractivity contribution in [2.75, 3.05) is 6.61 Å². The fraction of sp³-hybridized carbons (Fsp3) is 0.304. The van der Waals surface area contributed by atoms with Crippen LogP contribution in [0, 0.1) is 0 Å². The number of ether oxygens (including phenoxy) is 3. The number of hydrogen-bond donors (Lipinski definition) is 1. The average Bonchev–Trinajstić information content (AvgIpc) is 3.21. The van der Waals surface area contributed by atoms with Gasteiger partial charge < -0.3 is 24.4 Å². The normalized spacial score (nSPS) is 18.5. The average molecular weight is 488 g/mol. The highest BCUT2D eigenvalue weighted by Gasteiger charge is 2.42. The minimum Gasteiger partial charge on any atom is -0.486 e. The molecule has 1 aliphatic carbocycles. The van der Waals surface area contributed by atoms with Gasteiger partial charge in [0.2, 0.25) is 5.88 Å². The Kier molecular flexibility index (Phi) is 6.18. The Morgan fingerprint density at radius 3 is 2.71 bits per heavy atom. The summed E-state index contributed by atoms with van der Waals surface area (Å²) in [5, 5.41) is 0. The van der Waals surface area contributed by atoms with Gasteiger partial charge in [-0.1, -0.05) is 15.9 Å². The number of carbonyl (C=O) groups excluding carboxylic acids is 2. The molecule has 0 fully saturated rings. The summed E-state index contributed by atoms with van der Waals surface area (Å²) in [7, 11) is 0. The van der Waals surface area contributed by atoms with Crippen LogP contribution < -0.4 is 10.5 Å². The number of rotatable bonds is 6. The highest BCUT2D eigenvalue weighted by atomic mass is 79.9. The van der Waals surface area contributed by atoms with Crippen LogP contribution in [-0.2, 0) is 25.7 Å².